The maximum atomic E-state index is 11.7. The molecule has 0 bridgehead atoms. The van der Waals surface area contributed by atoms with Crippen LogP contribution in [-0.2, 0) is 9.84 Å². The topological polar surface area (TPSA) is 76.3 Å². The van der Waals surface area contributed by atoms with Crippen molar-refractivity contribution in [2.45, 2.75) is 37.1 Å². The standard InChI is InChI=1S/C10H17N3O2S2/c1-7-5-3-4-6-13(7)10-8(17(2,14)15)9(11)12-16-10/h7H,3-6H2,1-2H3,(H2,11,12). The molecule has 7 heteroatoms. The second-order valence-electron chi connectivity index (χ2n) is 4.51. The lowest BCUT2D eigenvalue weighted by molar-refractivity contribution is 0.485. The van der Waals surface area contributed by atoms with E-state index in [1.54, 1.807) is 0 Å². The number of aromatic nitrogens is 1. The second kappa shape index (κ2) is 4.45. The van der Waals surface area contributed by atoms with Crippen LogP contribution >= 0.6 is 11.5 Å². The van der Waals surface area contributed by atoms with Gasteiger partial charge in [-0.05, 0) is 37.7 Å². The van der Waals surface area contributed by atoms with Crippen molar-refractivity contribution in [3.05, 3.63) is 0 Å². The zero-order valence-corrected chi connectivity index (χ0v) is 11.6. The second-order valence-corrected chi connectivity index (χ2v) is 7.22. The molecule has 2 heterocycles. The Labute approximate surface area is 106 Å². The summed E-state index contributed by atoms with van der Waals surface area (Å²) in [6, 6.07) is 0.351. The normalized spacial score (nSPS) is 21.8. The predicted molar refractivity (Wildman–Crippen MR) is 70.3 cm³/mol. The van der Waals surface area contributed by atoms with E-state index in [0.717, 1.165) is 19.4 Å². The number of hydrogen-bond acceptors (Lipinski definition) is 6. The van der Waals surface area contributed by atoms with Crippen LogP contribution in [0.5, 0.6) is 0 Å². The minimum Gasteiger partial charge on any atom is -0.382 e. The first kappa shape index (κ1) is 12.6. The molecule has 1 aromatic rings. The molecule has 2 rings (SSSR count). The Bertz CT molecular complexity index is 510. The molecule has 2 N–H and O–H groups in total. The number of nitrogens with two attached hydrogens (primary N) is 1. The highest BCUT2D eigenvalue weighted by Crippen LogP contribution is 2.37. The summed E-state index contributed by atoms with van der Waals surface area (Å²) in [6.07, 6.45) is 4.55. The Balaban J connectivity index is 2.45. The van der Waals surface area contributed by atoms with Crippen LogP contribution in [0, 0.1) is 0 Å². The average Bonchev–Trinajstić information content (AvgIpc) is 2.60. The number of nitrogen functional groups attached to an aromatic ring is 1. The SMILES string of the molecule is CC1CCCCN1c1snc(N)c1S(C)(=O)=O. The van der Waals surface area contributed by atoms with Gasteiger partial charge in [-0.15, -0.1) is 0 Å². The van der Waals surface area contributed by atoms with Gasteiger partial charge in [0.2, 0.25) is 0 Å². The lowest BCUT2D eigenvalue weighted by Crippen LogP contribution is -2.37. The van der Waals surface area contributed by atoms with E-state index in [1.165, 1.54) is 24.2 Å². The lowest BCUT2D eigenvalue weighted by atomic mass is 10.0. The summed E-state index contributed by atoms with van der Waals surface area (Å²) in [7, 11) is -3.31. The maximum Gasteiger partial charge on any atom is 0.182 e. The van der Waals surface area contributed by atoms with Gasteiger partial charge in [0.05, 0.1) is 0 Å². The third-order valence-corrected chi connectivity index (χ3v) is 5.26. The van der Waals surface area contributed by atoms with Crippen LogP contribution in [0.4, 0.5) is 10.8 Å². The van der Waals surface area contributed by atoms with Crippen LogP contribution in [0.2, 0.25) is 0 Å². The molecule has 1 atom stereocenters. The molecular formula is C10H17N3O2S2. The minimum atomic E-state index is -3.31. The molecular weight excluding hydrogens is 258 g/mol. The van der Waals surface area contributed by atoms with Gasteiger partial charge in [-0.3, -0.25) is 0 Å². The molecule has 1 aliphatic rings. The van der Waals surface area contributed by atoms with Gasteiger partial charge in [-0.2, -0.15) is 4.37 Å². The molecule has 5 nitrogen and oxygen atoms in total. The molecule has 17 heavy (non-hydrogen) atoms. The van der Waals surface area contributed by atoms with E-state index in [-0.39, 0.29) is 10.7 Å². The van der Waals surface area contributed by atoms with Crippen molar-refractivity contribution in [2.24, 2.45) is 0 Å². The van der Waals surface area contributed by atoms with Gasteiger partial charge >= 0.3 is 0 Å². The van der Waals surface area contributed by atoms with Gasteiger partial charge in [0.25, 0.3) is 0 Å². The maximum absolute atomic E-state index is 11.7. The molecule has 0 radical (unpaired) electrons. The Morgan fingerprint density at radius 1 is 1.47 bits per heavy atom. The number of nitrogens with zero attached hydrogens (tertiary/aromatic N) is 2. The molecule has 96 valence electrons. The molecule has 0 aromatic carbocycles. The van der Waals surface area contributed by atoms with Crippen molar-refractivity contribution < 1.29 is 8.42 Å². The smallest absolute Gasteiger partial charge is 0.182 e. The highest BCUT2D eigenvalue weighted by atomic mass is 32.2. The number of hydrogen-bond donors (Lipinski definition) is 1. The molecule has 1 unspecified atom stereocenters. The van der Waals surface area contributed by atoms with Crippen LogP contribution in [0.3, 0.4) is 0 Å². The van der Waals surface area contributed by atoms with Gasteiger partial charge in [0, 0.05) is 18.8 Å². The quantitative estimate of drug-likeness (QED) is 0.885. The summed E-state index contributed by atoms with van der Waals surface area (Å²) in [6.45, 7) is 2.99. The summed E-state index contributed by atoms with van der Waals surface area (Å²) in [5, 5.41) is 0.706. The van der Waals surface area contributed by atoms with Gasteiger partial charge < -0.3 is 10.6 Å². The molecule has 1 aliphatic heterocycles. The first-order valence-electron chi connectivity index (χ1n) is 5.63. The molecule has 0 amide bonds. The molecule has 1 fully saturated rings. The Morgan fingerprint density at radius 2 is 2.18 bits per heavy atom. The van der Waals surface area contributed by atoms with E-state index >= 15 is 0 Å². The first-order valence-corrected chi connectivity index (χ1v) is 8.29. The Hall–Kier alpha value is -0.820. The summed E-state index contributed by atoms with van der Waals surface area (Å²) in [5.74, 6) is 0.130. The minimum absolute atomic E-state index is 0.130. The highest BCUT2D eigenvalue weighted by molar-refractivity contribution is 7.91. The Morgan fingerprint density at radius 3 is 2.76 bits per heavy atom. The van der Waals surface area contributed by atoms with E-state index in [2.05, 4.69) is 16.2 Å². The van der Waals surface area contributed by atoms with Gasteiger partial charge in [-0.25, -0.2) is 8.42 Å². The van der Waals surface area contributed by atoms with E-state index in [0.29, 0.717) is 11.0 Å². The fourth-order valence-electron chi connectivity index (χ4n) is 2.22. The monoisotopic (exact) mass is 275 g/mol. The zero-order valence-electron chi connectivity index (χ0n) is 10.0. The van der Waals surface area contributed by atoms with Crippen LogP contribution in [0.15, 0.2) is 4.90 Å². The van der Waals surface area contributed by atoms with Crippen molar-refractivity contribution in [1.29, 1.82) is 0 Å². The van der Waals surface area contributed by atoms with Crippen LogP contribution < -0.4 is 10.6 Å². The molecule has 0 saturated carbocycles. The van der Waals surface area contributed by atoms with Crippen molar-refractivity contribution in [3.63, 3.8) is 0 Å². The molecule has 1 aromatic heterocycles. The van der Waals surface area contributed by atoms with Gasteiger partial charge in [0.15, 0.2) is 15.7 Å². The number of piperidine rings is 1. The summed E-state index contributed by atoms with van der Waals surface area (Å²) >= 11 is 1.19. The predicted octanol–water partition coefficient (Wildman–Crippen LogP) is 1.51. The number of anilines is 2. The van der Waals surface area contributed by atoms with Crippen molar-refractivity contribution in [2.75, 3.05) is 23.4 Å². The third kappa shape index (κ3) is 2.40. The van der Waals surface area contributed by atoms with Crippen LogP contribution in [0.25, 0.3) is 0 Å². The first-order chi connectivity index (χ1) is 7.91. The third-order valence-electron chi connectivity index (χ3n) is 3.09. The van der Waals surface area contributed by atoms with Gasteiger partial charge in [-0.1, -0.05) is 0 Å². The van der Waals surface area contributed by atoms with Crippen molar-refractivity contribution >= 4 is 32.2 Å². The summed E-state index contributed by atoms with van der Waals surface area (Å²) < 4.78 is 27.5. The highest BCUT2D eigenvalue weighted by Gasteiger charge is 2.28. The van der Waals surface area contributed by atoms with Gasteiger partial charge in [0.1, 0.15) is 9.90 Å². The summed E-state index contributed by atoms with van der Waals surface area (Å²) in [4.78, 5) is 2.32. The fourth-order valence-corrected chi connectivity index (χ4v) is 4.54. The Kier molecular flexibility index (Phi) is 3.31. The van der Waals surface area contributed by atoms with Crippen molar-refractivity contribution in [3.8, 4) is 0 Å². The molecule has 0 aliphatic carbocycles. The van der Waals surface area contributed by atoms with Crippen molar-refractivity contribution in [1.82, 2.24) is 4.37 Å². The lowest BCUT2D eigenvalue weighted by Gasteiger charge is -2.34. The summed E-state index contributed by atoms with van der Waals surface area (Å²) in [5.41, 5.74) is 5.67. The molecule has 1 saturated heterocycles. The largest absolute Gasteiger partial charge is 0.382 e. The van der Waals surface area contributed by atoms with Crippen LogP contribution in [-0.4, -0.2) is 31.6 Å². The van der Waals surface area contributed by atoms with E-state index in [9.17, 15) is 8.42 Å². The molecule has 0 spiro atoms. The average molecular weight is 275 g/mol. The number of sulfone groups is 1. The van der Waals surface area contributed by atoms with E-state index < -0.39 is 9.84 Å². The van der Waals surface area contributed by atoms with E-state index in [1.807, 2.05) is 0 Å². The van der Waals surface area contributed by atoms with E-state index in [4.69, 9.17) is 5.73 Å². The van der Waals surface area contributed by atoms with Crippen LogP contribution in [0.1, 0.15) is 26.2 Å². The fraction of sp³-hybridized carbons (Fsp3) is 0.700. The number of rotatable bonds is 2. The zero-order chi connectivity index (χ0) is 12.6.